The van der Waals surface area contributed by atoms with Gasteiger partial charge in [-0.1, -0.05) is 84.9 Å². The molecular weight excluding hydrogens is 1590 g/mol. The maximum Gasteiger partial charge on any atom is 0.305 e. The highest BCUT2D eigenvalue weighted by molar-refractivity contribution is 7.99. The number of hydrogen-bond donors (Lipinski definition) is 19. The van der Waals surface area contributed by atoms with Gasteiger partial charge >= 0.3 is 11.9 Å². The Kier molecular flexibility index (Phi) is 37.5. The summed E-state index contributed by atoms with van der Waals surface area (Å²) >= 11 is 3.77. The van der Waals surface area contributed by atoms with Gasteiger partial charge in [0.2, 0.25) is 82.7 Å². The summed E-state index contributed by atoms with van der Waals surface area (Å²) in [7, 11) is 0. The van der Waals surface area contributed by atoms with Gasteiger partial charge in [0, 0.05) is 81.4 Å². The van der Waals surface area contributed by atoms with Crippen LogP contribution in [0.1, 0.15) is 113 Å². The van der Waals surface area contributed by atoms with Crippen molar-refractivity contribution < 1.29 is 92.0 Å². The third-order valence-electron chi connectivity index (χ3n) is 19.5. The van der Waals surface area contributed by atoms with E-state index in [4.69, 9.17) is 16.9 Å². The molecule has 2 saturated heterocycles. The number of nitrogens with zero attached hydrogens (tertiary/aromatic N) is 3. The van der Waals surface area contributed by atoms with Gasteiger partial charge in [-0.3, -0.25) is 82.1 Å². The molecular formula is C77H105N19O19S3. The molecule has 3 aliphatic heterocycles. The smallest absolute Gasteiger partial charge is 0.305 e. The first-order valence-electron chi connectivity index (χ1n) is 38.5. The van der Waals surface area contributed by atoms with E-state index < -0.39 is 205 Å². The molecule has 0 spiro atoms. The van der Waals surface area contributed by atoms with E-state index in [9.17, 15) is 77.6 Å². The number of amides is 14. The Morgan fingerprint density at radius 2 is 1.20 bits per heavy atom. The monoisotopic (exact) mass is 1700 g/mol. The van der Waals surface area contributed by atoms with E-state index >= 15 is 14.4 Å². The van der Waals surface area contributed by atoms with Crippen LogP contribution in [0.25, 0.3) is 0 Å². The number of benzene rings is 3. The number of carbonyl (C=O) groups is 16. The standard InChI is InChI=1S/C77H105N19O19S3/c1-42(64(78)103)84-65(104)50(21-12-27-82-77(79)80)86-68(107)53(32-45-15-7-5-8-16-45)89-70(109)55(34-49-36-81-41-83-49)90-71(110)56(35-62(101)102)91-72(111)57-39-117-37-47-19-11-20-48(31-47)38-118-40-58(93-67(106)52(26-30-116-4)85-44(3)98)75(114)96-29-14-23-60(96)76(115)95-28-13-22-59(95)73(112)94-63(43(2)97)74(113)87-51(24-25-61(99)100)66(105)88-54(69(108)92-57)33-46-17-9-6-10-18-46/h5-11,15-20,31,36,41-43,50-60,63,97H,12-14,21-30,32-35,37-40H2,1-4H3,(H2,78,103)(H,81,83)(H,84,104)(H,85,98)(H,86,107)(H,87,113)(H,88,105)(H,89,109)(H,90,110)(H,91,111)(H,92,108)(H,93,106)(H,94,112)(H,99,100)(H,101,102)(H4,79,80,82)/t42-,43+,50-,51-,52-,53-,54-,55-,56-,57-,58-,59-,60-,63-/m0/s1. The molecule has 0 unspecified atom stereocenters. The first kappa shape index (κ1) is 93.8. The Morgan fingerprint density at radius 3 is 1.80 bits per heavy atom. The molecule has 38 nitrogen and oxygen atoms in total. The summed E-state index contributed by atoms with van der Waals surface area (Å²) in [5.41, 5.74) is 13.3. The molecule has 14 amide bonds. The lowest BCUT2D eigenvalue weighted by Gasteiger charge is -2.34. The van der Waals surface area contributed by atoms with Crippen LogP contribution in [-0.4, -0.2) is 263 Å². The van der Waals surface area contributed by atoms with Crippen LogP contribution in [-0.2, 0) is 107 Å². The lowest BCUT2D eigenvalue weighted by atomic mass is 10.0. The molecule has 0 radical (unpaired) electrons. The molecule has 4 heterocycles. The second-order valence-electron chi connectivity index (χ2n) is 28.8. The topological polar surface area (TPSA) is 589 Å². The summed E-state index contributed by atoms with van der Waals surface area (Å²) in [6, 6.07) is 3.79. The Bertz CT molecular complexity index is 4190. The number of carboxylic acid groups (broad SMARTS) is 2. The van der Waals surface area contributed by atoms with Crippen molar-refractivity contribution in [3.63, 3.8) is 0 Å². The zero-order valence-electron chi connectivity index (χ0n) is 65.8. The Morgan fingerprint density at radius 1 is 0.627 bits per heavy atom. The van der Waals surface area contributed by atoms with Crippen molar-refractivity contribution in [1.82, 2.24) is 83.6 Å². The van der Waals surface area contributed by atoms with Gasteiger partial charge in [0.15, 0.2) is 5.96 Å². The van der Waals surface area contributed by atoms with Crippen LogP contribution in [0, 0.1) is 5.41 Å². The fourth-order valence-corrected chi connectivity index (χ4v) is 15.8. The number of aliphatic carboxylic acids is 2. The summed E-state index contributed by atoms with van der Waals surface area (Å²) in [5.74, 6) is -15.9. The van der Waals surface area contributed by atoms with Crippen molar-refractivity contribution in [2.75, 3.05) is 43.1 Å². The van der Waals surface area contributed by atoms with Gasteiger partial charge in [-0.15, -0.1) is 0 Å². The van der Waals surface area contributed by atoms with E-state index in [2.05, 4.69) is 73.8 Å². The van der Waals surface area contributed by atoms with E-state index in [0.29, 0.717) is 40.8 Å². The number of H-pyrrole nitrogens is 1. The van der Waals surface area contributed by atoms with Crippen LogP contribution in [0.4, 0.5) is 0 Å². The molecule has 4 aromatic rings. The zero-order valence-corrected chi connectivity index (χ0v) is 68.2. The first-order chi connectivity index (χ1) is 56.3. The number of primary amides is 1. The molecule has 3 aromatic carbocycles. The number of aromatic nitrogens is 2. The van der Waals surface area contributed by atoms with Gasteiger partial charge in [0.05, 0.1) is 24.5 Å². The van der Waals surface area contributed by atoms with Crippen molar-refractivity contribution in [1.29, 1.82) is 5.41 Å². The minimum absolute atomic E-state index is 0.0462. The molecule has 7 rings (SSSR count). The van der Waals surface area contributed by atoms with Crippen LogP contribution in [0.3, 0.4) is 0 Å². The molecule has 2 fully saturated rings. The molecule has 2 bridgehead atoms. The minimum atomic E-state index is -2.07. The van der Waals surface area contributed by atoms with Crippen LogP contribution in [0.15, 0.2) is 97.5 Å². The Labute approximate surface area is 693 Å². The highest BCUT2D eigenvalue weighted by Gasteiger charge is 2.46. The molecule has 1 aromatic heterocycles. The maximum atomic E-state index is 15.2. The van der Waals surface area contributed by atoms with Crippen molar-refractivity contribution in [3.05, 3.63) is 125 Å². The number of nitrogens with one attached hydrogen (secondary N) is 14. The van der Waals surface area contributed by atoms with Crippen LogP contribution in [0.2, 0.25) is 0 Å². The quantitative estimate of drug-likeness (QED) is 0.0130. The van der Waals surface area contributed by atoms with Gasteiger partial charge in [-0.25, -0.2) is 4.98 Å². The van der Waals surface area contributed by atoms with Crippen molar-refractivity contribution >= 4 is 136 Å². The average molecular weight is 1700 g/mol. The third-order valence-corrected chi connectivity index (χ3v) is 22.4. The van der Waals surface area contributed by atoms with Gasteiger partial charge in [-0.2, -0.15) is 35.3 Å². The van der Waals surface area contributed by atoms with E-state index in [1.807, 2.05) is 12.3 Å². The zero-order chi connectivity index (χ0) is 86.1. The summed E-state index contributed by atoms with van der Waals surface area (Å²) in [4.78, 5) is 236. The number of rotatable bonds is 33. The predicted octanol–water partition coefficient (Wildman–Crippen LogP) is -2.81. The summed E-state index contributed by atoms with van der Waals surface area (Å²) in [6.45, 7) is 3.95. The van der Waals surface area contributed by atoms with Crippen molar-refractivity contribution in [3.8, 4) is 0 Å². The lowest BCUT2D eigenvalue weighted by Crippen LogP contribution is -2.62. The van der Waals surface area contributed by atoms with Gasteiger partial charge in [-0.05, 0) is 99.5 Å². The number of aliphatic hydroxyl groups excluding tert-OH is 1. The molecule has 41 heteroatoms. The average Bonchev–Trinajstić information content (AvgIpc) is 1.63. The van der Waals surface area contributed by atoms with Gasteiger partial charge < -0.3 is 105 Å². The van der Waals surface area contributed by atoms with Gasteiger partial charge in [0.25, 0.3) is 0 Å². The second-order valence-corrected chi connectivity index (χ2v) is 31.8. The molecule has 118 heavy (non-hydrogen) atoms. The third kappa shape index (κ3) is 30.0. The van der Waals surface area contributed by atoms with E-state index in [-0.39, 0.29) is 99.2 Å². The number of aliphatic hydroxyl groups is 1. The number of carboxylic acids is 2. The molecule has 3 aliphatic rings. The highest BCUT2D eigenvalue weighted by atomic mass is 32.2. The minimum Gasteiger partial charge on any atom is -0.481 e. The number of hydrogen-bond acceptors (Lipinski definition) is 22. The maximum absolute atomic E-state index is 15.2. The Hall–Kier alpha value is -11.3. The number of fused-ring (bicyclic) bond motifs is 4. The number of carbonyl (C=O) groups excluding carboxylic acids is 14. The largest absolute Gasteiger partial charge is 0.481 e. The summed E-state index contributed by atoms with van der Waals surface area (Å²) < 4.78 is 0. The molecule has 14 atom stereocenters. The SMILES string of the molecule is CSCC[C@H](NC(C)=O)C(=O)N[C@H]1CSCc2cccc(c2)CSC[C@@H](C(=O)N[C@@H](CC(=O)O)C(=O)N[C@@H](Cc2c[nH]cn2)C(=O)N[C@@H](Cc2ccccc2)C(=O)N[C@@H](CCCNC(=N)N)C(=O)N[C@@H](C)C(N)=O)NC(=O)[C@H](Cc2ccccc2)NC(=O)[C@H](CCC(=O)O)NC(=O)[C@H]([C@@H](C)O)NC(=O)[C@@H]2CCCN2C(=O)[C@@H]2CCCN2C1=O. The fraction of sp³-hybridized carbons (Fsp3) is 0.506. The number of guanidine groups is 1. The Balaban J connectivity index is 1.25. The predicted molar refractivity (Wildman–Crippen MR) is 436 cm³/mol. The van der Waals surface area contributed by atoms with Gasteiger partial charge in [0.1, 0.15) is 78.5 Å². The number of imidazole rings is 1. The summed E-state index contributed by atoms with van der Waals surface area (Å²) in [6.07, 6.45) is 0.379. The molecule has 21 N–H and O–H groups in total. The summed E-state index contributed by atoms with van der Waals surface area (Å²) in [5, 5.41) is 70.0. The van der Waals surface area contributed by atoms with Crippen LogP contribution >= 0.6 is 35.3 Å². The molecule has 640 valence electrons. The highest BCUT2D eigenvalue weighted by Crippen LogP contribution is 2.28. The first-order valence-corrected chi connectivity index (χ1v) is 42.2. The van der Waals surface area contributed by atoms with Crippen molar-refractivity contribution in [2.45, 2.75) is 200 Å². The van der Waals surface area contributed by atoms with E-state index in [1.165, 1.54) is 59.7 Å². The van der Waals surface area contributed by atoms with Crippen LogP contribution < -0.4 is 75.3 Å². The van der Waals surface area contributed by atoms with Crippen LogP contribution in [0.5, 0.6) is 0 Å². The number of thioether (sulfide) groups is 3. The van der Waals surface area contributed by atoms with E-state index in [0.717, 1.165) is 18.7 Å². The molecule has 0 saturated carbocycles. The molecule has 0 aliphatic carbocycles. The lowest BCUT2D eigenvalue weighted by molar-refractivity contribution is -0.148. The normalized spacial score (nSPS) is 20.9. The number of nitrogens with two attached hydrogens (primary N) is 2. The van der Waals surface area contributed by atoms with Crippen molar-refractivity contribution in [2.24, 2.45) is 11.5 Å². The van der Waals surface area contributed by atoms with E-state index in [1.54, 1.807) is 78.9 Å². The number of aromatic amines is 1. The second kappa shape index (κ2) is 47.2. The fourth-order valence-electron chi connectivity index (χ4n) is 13.4.